The number of nitro benzene ring substituents is 1. The van der Waals surface area contributed by atoms with Crippen LogP contribution >= 0.6 is 0 Å². The lowest BCUT2D eigenvalue weighted by atomic mass is 10.2. The number of rotatable bonds is 5. The van der Waals surface area contributed by atoms with Gasteiger partial charge in [0.05, 0.1) is 22.4 Å². The van der Waals surface area contributed by atoms with E-state index in [4.69, 9.17) is 0 Å². The topological polar surface area (TPSA) is 122 Å². The number of nitro groups is 1. The lowest BCUT2D eigenvalue weighted by Crippen LogP contribution is -2.20. The molecule has 0 fully saturated rings. The molecule has 0 bridgehead atoms. The SMILES string of the molecule is Cc1ccccc1-n1[nH]c(C)c(C=NNC(=O)c2cccc([N+](=O)[O-])c2)c1=O. The molecule has 0 saturated carbocycles. The number of carbonyl (C=O) groups is 1. The number of H-pyrrole nitrogens is 1. The van der Waals surface area contributed by atoms with E-state index >= 15 is 0 Å². The van der Waals surface area contributed by atoms with Crippen molar-refractivity contribution in [2.24, 2.45) is 5.10 Å². The molecule has 3 aromatic rings. The van der Waals surface area contributed by atoms with Crippen LogP contribution in [-0.2, 0) is 0 Å². The molecule has 3 rings (SSSR count). The number of hydrogen-bond acceptors (Lipinski definition) is 5. The fraction of sp³-hybridized carbons (Fsp3) is 0.105. The van der Waals surface area contributed by atoms with Crippen LogP contribution in [-0.4, -0.2) is 26.8 Å². The van der Waals surface area contributed by atoms with Crippen LogP contribution in [0.4, 0.5) is 5.69 Å². The Morgan fingerprint density at radius 1 is 1.21 bits per heavy atom. The Labute approximate surface area is 159 Å². The van der Waals surface area contributed by atoms with E-state index in [0.717, 1.165) is 17.3 Å². The van der Waals surface area contributed by atoms with Crippen LogP contribution in [0.2, 0.25) is 0 Å². The second-order valence-electron chi connectivity index (χ2n) is 6.08. The van der Waals surface area contributed by atoms with Gasteiger partial charge in [0.1, 0.15) is 0 Å². The number of hydrazone groups is 1. The van der Waals surface area contributed by atoms with E-state index in [2.05, 4.69) is 15.6 Å². The molecule has 0 aliphatic rings. The summed E-state index contributed by atoms with van der Waals surface area (Å²) in [6.45, 7) is 3.62. The van der Waals surface area contributed by atoms with Crippen LogP contribution in [0.5, 0.6) is 0 Å². The predicted octanol–water partition coefficient (Wildman–Crippen LogP) is 2.45. The average molecular weight is 379 g/mol. The van der Waals surface area contributed by atoms with Gasteiger partial charge >= 0.3 is 0 Å². The first-order chi connectivity index (χ1) is 13.4. The maximum Gasteiger partial charge on any atom is 0.280 e. The number of nitrogens with one attached hydrogen (secondary N) is 2. The zero-order chi connectivity index (χ0) is 20.3. The normalized spacial score (nSPS) is 10.9. The number of hydrogen-bond donors (Lipinski definition) is 2. The van der Waals surface area contributed by atoms with E-state index in [1.54, 1.807) is 6.92 Å². The summed E-state index contributed by atoms with van der Waals surface area (Å²) in [5.41, 5.74) is 4.39. The van der Waals surface area contributed by atoms with E-state index in [1.807, 2.05) is 31.2 Å². The molecular formula is C19H17N5O4. The van der Waals surface area contributed by atoms with Gasteiger partial charge in [-0.3, -0.25) is 24.8 Å². The summed E-state index contributed by atoms with van der Waals surface area (Å²) in [7, 11) is 0. The summed E-state index contributed by atoms with van der Waals surface area (Å²) in [6, 6.07) is 12.7. The molecule has 142 valence electrons. The number of benzene rings is 2. The van der Waals surface area contributed by atoms with Gasteiger partial charge in [-0.1, -0.05) is 24.3 Å². The molecule has 0 aliphatic carbocycles. The van der Waals surface area contributed by atoms with E-state index in [1.165, 1.54) is 29.1 Å². The second-order valence-corrected chi connectivity index (χ2v) is 6.08. The number of nitrogens with zero attached hydrogens (tertiary/aromatic N) is 3. The molecule has 9 nitrogen and oxygen atoms in total. The first-order valence-corrected chi connectivity index (χ1v) is 8.34. The Morgan fingerprint density at radius 3 is 2.68 bits per heavy atom. The predicted molar refractivity (Wildman–Crippen MR) is 104 cm³/mol. The van der Waals surface area contributed by atoms with Gasteiger partial charge in [-0.2, -0.15) is 5.10 Å². The highest BCUT2D eigenvalue weighted by Gasteiger charge is 2.13. The second kappa shape index (κ2) is 7.70. The summed E-state index contributed by atoms with van der Waals surface area (Å²) in [6.07, 6.45) is 1.25. The van der Waals surface area contributed by atoms with Gasteiger partial charge in [-0.05, 0) is 31.5 Å². The fourth-order valence-electron chi connectivity index (χ4n) is 2.68. The van der Waals surface area contributed by atoms with Gasteiger partial charge in [0.25, 0.3) is 17.2 Å². The van der Waals surface area contributed by atoms with Crippen molar-refractivity contribution in [3.63, 3.8) is 0 Å². The average Bonchev–Trinajstić information content (AvgIpc) is 2.96. The first-order valence-electron chi connectivity index (χ1n) is 8.34. The number of aromatic nitrogens is 2. The zero-order valence-corrected chi connectivity index (χ0v) is 15.2. The van der Waals surface area contributed by atoms with Crippen molar-refractivity contribution in [3.8, 4) is 5.69 Å². The lowest BCUT2D eigenvalue weighted by molar-refractivity contribution is -0.384. The van der Waals surface area contributed by atoms with Gasteiger partial charge in [-0.25, -0.2) is 10.1 Å². The fourth-order valence-corrected chi connectivity index (χ4v) is 2.68. The monoisotopic (exact) mass is 379 g/mol. The van der Waals surface area contributed by atoms with Crippen molar-refractivity contribution in [1.29, 1.82) is 0 Å². The van der Waals surface area contributed by atoms with E-state index in [0.29, 0.717) is 11.3 Å². The van der Waals surface area contributed by atoms with Crippen LogP contribution in [0.1, 0.15) is 27.2 Å². The van der Waals surface area contributed by atoms with Crippen LogP contribution in [0.25, 0.3) is 5.69 Å². The van der Waals surface area contributed by atoms with Crippen molar-refractivity contribution in [2.45, 2.75) is 13.8 Å². The molecule has 28 heavy (non-hydrogen) atoms. The minimum atomic E-state index is -0.618. The third-order valence-electron chi connectivity index (χ3n) is 4.15. The molecule has 9 heteroatoms. The quantitative estimate of drug-likeness (QED) is 0.401. The molecule has 0 saturated heterocycles. The molecule has 1 aromatic heterocycles. The summed E-state index contributed by atoms with van der Waals surface area (Å²) in [5, 5.41) is 17.6. The highest BCUT2D eigenvalue weighted by Crippen LogP contribution is 2.13. The Kier molecular flexibility index (Phi) is 5.16. The van der Waals surface area contributed by atoms with Crippen LogP contribution < -0.4 is 11.0 Å². The number of non-ortho nitro benzene ring substituents is 1. The van der Waals surface area contributed by atoms with Crippen molar-refractivity contribution in [1.82, 2.24) is 15.2 Å². The van der Waals surface area contributed by atoms with Crippen molar-refractivity contribution >= 4 is 17.8 Å². The number of aromatic amines is 1. The van der Waals surface area contributed by atoms with Gasteiger partial charge in [0.2, 0.25) is 0 Å². The largest absolute Gasteiger partial charge is 0.295 e. The maximum absolute atomic E-state index is 12.7. The standard InChI is InChI=1S/C19H17N5O4/c1-12-6-3-4-9-17(12)23-19(26)16(13(2)22-23)11-20-21-18(25)14-7-5-8-15(10-14)24(27)28/h3-11,22H,1-2H3,(H,21,25). The number of aryl methyl sites for hydroxylation is 2. The summed E-state index contributed by atoms with van der Waals surface area (Å²) >= 11 is 0. The molecule has 0 atom stereocenters. The molecule has 0 aliphatic heterocycles. The Balaban J connectivity index is 1.81. The highest BCUT2D eigenvalue weighted by atomic mass is 16.6. The Morgan fingerprint density at radius 2 is 1.96 bits per heavy atom. The van der Waals surface area contributed by atoms with Crippen molar-refractivity contribution in [3.05, 3.63) is 91.4 Å². The van der Waals surface area contributed by atoms with E-state index in [9.17, 15) is 19.7 Å². The molecule has 1 heterocycles. The maximum atomic E-state index is 12.7. The lowest BCUT2D eigenvalue weighted by Gasteiger charge is -2.04. The van der Waals surface area contributed by atoms with Gasteiger partial charge < -0.3 is 0 Å². The van der Waals surface area contributed by atoms with E-state index < -0.39 is 10.8 Å². The van der Waals surface area contributed by atoms with Gasteiger partial charge in [-0.15, -0.1) is 0 Å². The molecular weight excluding hydrogens is 362 g/mol. The van der Waals surface area contributed by atoms with Gasteiger partial charge in [0.15, 0.2) is 0 Å². The summed E-state index contributed by atoms with van der Waals surface area (Å²) < 4.78 is 1.41. The first kappa shape index (κ1) is 18.8. The third-order valence-corrected chi connectivity index (χ3v) is 4.15. The van der Waals surface area contributed by atoms with Crippen LogP contribution in [0.15, 0.2) is 58.4 Å². The van der Waals surface area contributed by atoms with Crippen molar-refractivity contribution < 1.29 is 9.72 Å². The summed E-state index contributed by atoms with van der Waals surface area (Å²) in [4.78, 5) is 35.0. The Hall–Kier alpha value is -4.01. The molecule has 1 amide bonds. The zero-order valence-electron chi connectivity index (χ0n) is 15.2. The smallest absolute Gasteiger partial charge is 0.280 e. The highest BCUT2D eigenvalue weighted by molar-refractivity contribution is 5.95. The number of para-hydroxylation sites is 1. The molecule has 0 unspecified atom stereocenters. The third kappa shape index (κ3) is 3.73. The molecule has 2 N–H and O–H groups in total. The molecule has 2 aromatic carbocycles. The van der Waals surface area contributed by atoms with Gasteiger partial charge in [0, 0.05) is 23.4 Å². The molecule has 0 spiro atoms. The molecule has 0 radical (unpaired) electrons. The van der Waals surface area contributed by atoms with E-state index in [-0.39, 0.29) is 16.8 Å². The van der Waals surface area contributed by atoms with Crippen LogP contribution in [0.3, 0.4) is 0 Å². The minimum absolute atomic E-state index is 0.0921. The Bertz CT molecular complexity index is 1140. The number of carbonyl (C=O) groups excluding carboxylic acids is 1. The summed E-state index contributed by atoms with van der Waals surface area (Å²) in [5.74, 6) is -0.618. The van der Waals surface area contributed by atoms with Crippen LogP contribution in [0, 0.1) is 24.0 Å². The number of amides is 1. The minimum Gasteiger partial charge on any atom is -0.295 e. The van der Waals surface area contributed by atoms with Crippen molar-refractivity contribution in [2.75, 3.05) is 0 Å².